The highest BCUT2D eigenvalue weighted by Gasteiger charge is 2.23. The van der Waals surface area contributed by atoms with Crippen LogP contribution in [-0.4, -0.2) is 60.3 Å². The van der Waals surface area contributed by atoms with Crippen molar-refractivity contribution in [3.63, 3.8) is 0 Å². The molecule has 2 aromatic rings. The van der Waals surface area contributed by atoms with Gasteiger partial charge >= 0.3 is 6.03 Å². The first-order valence-corrected chi connectivity index (χ1v) is 11.9. The topological polar surface area (TPSA) is 77.6 Å². The fourth-order valence-corrected chi connectivity index (χ4v) is 4.87. The zero-order chi connectivity index (χ0) is 21.5. The van der Waals surface area contributed by atoms with Gasteiger partial charge in [0, 0.05) is 30.7 Å². The van der Waals surface area contributed by atoms with Crippen molar-refractivity contribution in [2.75, 3.05) is 48.7 Å². The van der Waals surface area contributed by atoms with Crippen LogP contribution in [0.15, 0.2) is 47.6 Å². The molecule has 0 bridgehead atoms. The first-order valence-electron chi connectivity index (χ1n) is 10.9. The van der Waals surface area contributed by atoms with E-state index in [0.717, 1.165) is 35.0 Å². The Kier molecular flexibility index (Phi) is 7.43. The van der Waals surface area contributed by atoms with Crippen LogP contribution in [0.3, 0.4) is 0 Å². The van der Waals surface area contributed by atoms with Crippen molar-refractivity contribution < 1.29 is 9.59 Å². The molecular formula is C23H29N5O2S. The van der Waals surface area contributed by atoms with Crippen LogP contribution in [-0.2, 0) is 11.2 Å². The lowest BCUT2D eigenvalue weighted by Gasteiger charge is -2.28. The largest absolute Gasteiger partial charge is 0.356 e. The summed E-state index contributed by atoms with van der Waals surface area (Å²) < 4.78 is 0. The van der Waals surface area contributed by atoms with Crippen molar-refractivity contribution in [2.45, 2.75) is 30.7 Å². The molecule has 2 aliphatic heterocycles. The molecule has 0 atom stereocenters. The number of benzene rings is 1. The molecule has 1 aromatic heterocycles. The number of thioether (sulfide) groups is 1. The number of carbonyl (C=O) groups is 2. The van der Waals surface area contributed by atoms with E-state index in [2.05, 4.69) is 20.5 Å². The molecule has 0 saturated carbocycles. The molecule has 8 heteroatoms. The third kappa shape index (κ3) is 5.98. The normalized spacial score (nSPS) is 16.1. The van der Waals surface area contributed by atoms with E-state index in [1.165, 1.54) is 25.9 Å². The Morgan fingerprint density at radius 1 is 1.06 bits per heavy atom. The first kappa shape index (κ1) is 21.6. The smallest absolute Gasteiger partial charge is 0.326 e. The number of nitrogens with zero attached hydrogens (tertiary/aromatic N) is 3. The highest BCUT2D eigenvalue weighted by Crippen LogP contribution is 2.32. The van der Waals surface area contributed by atoms with E-state index < -0.39 is 0 Å². The van der Waals surface area contributed by atoms with Gasteiger partial charge in [-0.2, -0.15) is 0 Å². The van der Waals surface area contributed by atoms with E-state index in [-0.39, 0.29) is 11.9 Å². The second-order valence-electron chi connectivity index (χ2n) is 7.88. The van der Waals surface area contributed by atoms with Crippen LogP contribution in [0.5, 0.6) is 0 Å². The second-order valence-corrected chi connectivity index (χ2v) is 8.97. The lowest BCUT2D eigenvalue weighted by molar-refractivity contribution is -0.120. The molecule has 0 spiro atoms. The number of nitrogens with one attached hydrogen (secondary N) is 2. The Labute approximate surface area is 187 Å². The summed E-state index contributed by atoms with van der Waals surface area (Å²) in [4.78, 5) is 33.5. The van der Waals surface area contributed by atoms with Crippen LogP contribution in [0.1, 0.15) is 24.8 Å². The minimum atomic E-state index is -0.168. The van der Waals surface area contributed by atoms with E-state index >= 15 is 0 Å². The van der Waals surface area contributed by atoms with Crippen LogP contribution >= 0.6 is 11.8 Å². The number of aromatic nitrogens is 1. The lowest BCUT2D eigenvalue weighted by atomic mass is 10.1. The van der Waals surface area contributed by atoms with Crippen LogP contribution in [0.4, 0.5) is 16.2 Å². The molecule has 1 aromatic carbocycles. The van der Waals surface area contributed by atoms with Gasteiger partial charge in [-0.15, -0.1) is 11.8 Å². The number of pyridine rings is 1. The predicted molar refractivity (Wildman–Crippen MR) is 125 cm³/mol. The molecule has 2 N–H and O–H groups in total. The van der Waals surface area contributed by atoms with Crippen molar-refractivity contribution in [3.05, 3.63) is 48.2 Å². The zero-order valence-corrected chi connectivity index (χ0v) is 18.5. The average molecular weight is 440 g/mol. The number of fused-ring (bicyclic) bond motifs is 1. The SMILES string of the molecule is O=C(Cc1ccc(NC(=O)N2CCSc3ncccc32)cc1)NCCCN1CCCC1. The van der Waals surface area contributed by atoms with Gasteiger partial charge in [-0.05, 0) is 68.7 Å². The molecule has 7 nitrogen and oxygen atoms in total. The third-order valence-corrected chi connectivity index (χ3v) is 6.56. The monoisotopic (exact) mass is 439 g/mol. The Bertz CT molecular complexity index is 899. The molecule has 0 aliphatic carbocycles. The first-order chi connectivity index (χ1) is 15.2. The summed E-state index contributed by atoms with van der Waals surface area (Å²) in [6.45, 7) is 4.80. The Balaban J connectivity index is 1.23. The number of anilines is 2. The zero-order valence-electron chi connectivity index (χ0n) is 17.7. The molecule has 2 aliphatic rings. The summed E-state index contributed by atoms with van der Waals surface area (Å²) in [7, 11) is 0. The molecule has 3 amide bonds. The fourth-order valence-electron chi connectivity index (χ4n) is 3.95. The Morgan fingerprint density at radius 3 is 2.68 bits per heavy atom. The standard InChI is InChI=1S/C23H29N5O2S/c29-21(24-11-4-14-27-12-1-2-13-27)17-18-6-8-19(9-7-18)26-23(30)28-15-16-31-22-20(28)5-3-10-25-22/h3,5-10H,1-2,4,11-17H2,(H,24,29)(H,26,30). The predicted octanol–water partition coefficient (Wildman–Crippen LogP) is 3.37. The van der Waals surface area contributed by atoms with Gasteiger partial charge in [0.1, 0.15) is 5.03 Å². The molecule has 1 saturated heterocycles. The highest BCUT2D eigenvalue weighted by molar-refractivity contribution is 7.99. The molecule has 4 rings (SSSR count). The number of hydrogen-bond donors (Lipinski definition) is 2. The van der Waals surface area contributed by atoms with Crippen LogP contribution in [0.2, 0.25) is 0 Å². The number of carbonyl (C=O) groups excluding carboxylic acids is 2. The van der Waals surface area contributed by atoms with Crippen molar-refractivity contribution >= 4 is 35.1 Å². The number of amides is 3. The van der Waals surface area contributed by atoms with Gasteiger partial charge in [-0.25, -0.2) is 9.78 Å². The van der Waals surface area contributed by atoms with Crippen LogP contribution in [0.25, 0.3) is 0 Å². The molecule has 31 heavy (non-hydrogen) atoms. The maximum Gasteiger partial charge on any atom is 0.326 e. The van der Waals surface area contributed by atoms with Crippen molar-refractivity contribution in [3.8, 4) is 0 Å². The van der Waals surface area contributed by atoms with Gasteiger partial charge in [0.15, 0.2) is 0 Å². The maximum absolute atomic E-state index is 12.7. The minimum absolute atomic E-state index is 0.0353. The lowest BCUT2D eigenvalue weighted by Crippen LogP contribution is -2.38. The summed E-state index contributed by atoms with van der Waals surface area (Å²) in [5.74, 6) is 0.858. The van der Waals surface area contributed by atoms with Gasteiger partial charge in [-0.1, -0.05) is 12.1 Å². The van der Waals surface area contributed by atoms with Gasteiger partial charge in [0.2, 0.25) is 5.91 Å². The van der Waals surface area contributed by atoms with Gasteiger partial charge in [-0.3, -0.25) is 9.69 Å². The average Bonchev–Trinajstić information content (AvgIpc) is 3.31. The minimum Gasteiger partial charge on any atom is -0.356 e. The van der Waals surface area contributed by atoms with E-state index in [4.69, 9.17) is 0 Å². The summed E-state index contributed by atoms with van der Waals surface area (Å²) >= 11 is 1.66. The summed E-state index contributed by atoms with van der Waals surface area (Å²) in [5.41, 5.74) is 2.48. The van der Waals surface area contributed by atoms with Gasteiger partial charge in [0.05, 0.1) is 12.1 Å². The number of hydrogen-bond acceptors (Lipinski definition) is 5. The molecule has 1 fully saturated rings. The van der Waals surface area contributed by atoms with Crippen molar-refractivity contribution in [2.24, 2.45) is 0 Å². The highest BCUT2D eigenvalue weighted by atomic mass is 32.2. The van der Waals surface area contributed by atoms with E-state index in [1.54, 1.807) is 22.9 Å². The van der Waals surface area contributed by atoms with E-state index in [1.807, 2.05) is 36.4 Å². The quantitative estimate of drug-likeness (QED) is 0.647. The van der Waals surface area contributed by atoms with Crippen molar-refractivity contribution in [1.82, 2.24) is 15.2 Å². The van der Waals surface area contributed by atoms with Crippen LogP contribution < -0.4 is 15.5 Å². The van der Waals surface area contributed by atoms with Gasteiger partial charge < -0.3 is 15.5 Å². The summed E-state index contributed by atoms with van der Waals surface area (Å²) in [6, 6.07) is 11.1. The maximum atomic E-state index is 12.7. The van der Waals surface area contributed by atoms with E-state index in [0.29, 0.717) is 25.2 Å². The number of urea groups is 1. The van der Waals surface area contributed by atoms with Gasteiger partial charge in [0.25, 0.3) is 0 Å². The molecule has 3 heterocycles. The summed E-state index contributed by atoms with van der Waals surface area (Å²) in [5, 5.41) is 6.83. The van der Waals surface area contributed by atoms with Crippen molar-refractivity contribution in [1.29, 1.82) is 0 Å². The molecule has 164 valence electrons. The molecule has 0 unspecified atom stereocenters. The third-order valence-electron chi connectivity index (χ3n) is 5.58. The Morgan fingerprint density at radius 2 is 1.87 bits per heavy atom. The molecular weight excluding hydrogens is 410 g/mol. The van der Waals surface area contributed by atoms with Crippen LogP contribution in [0, 0.1) is 0 Å². The Hall–Kier alpha value is -2.58. The molecule has 0 radical (unpaired) electrons. The number of likely N-dealkylation sites (tertiary alicyclic amines) is 1. The second kappa shape index (κ2) is 10.6. The number of rotatable bonds is 7. The summed E-state index contributed by atoms with van der Waals surface area (Å²) in [6.07, 6.45) is 5.68. The fraction of sp³-hybridized carbons (Fsp3) is 0.435. The van der Waals surface area contributed by atoms with E-state index in [9.17, 15) is 9.59 Å².